The fourth-order valence-corrected chi connectivity index (χ4v) is 5.32. The van der Waals surface area contributed by atoms with E-state index in [2.05, 4.69) is 15.2 Å². The van der Waals surface area contributed by atoms with E-state index in [1.807, 2.05) is 30.3 Å². The Balaban J connectivity index is 1.60. The Bertz CT molecular complexity index is 1520. The summed E-state index contributed by atoms with van der Waals surface area (Å²) in [5.41, 5.74) is 2.09. The van der Waals surface area contributed by atoms with Crippen LogP contribution in [0.5, 0.6) is 0 Å². The molecule has 1 fully saturated rings. The summed E-state index contributed by atoms with van der Waals surface area (Å²) in [6.45, 7) is 1.27. The summed E-state index contributed by atoms with van der Waals surface area (Å²) >= 11 is 0. The third kappa shape index (κ3) is 8.11. The molecule has 0 aliphatic carbocycles. The second-order valence-corrected chi connectivity index (χ2v) is 11.0. The van der Waals surface area contributed by atoms with Gasteiger partial charge in [0.2, 0.25) is 5.91 Å². The van der Waals surface area contributed by atoms with Crippen LogP contribution >= 0.6 is 0 Å². The highest BCUT2D eigenvalue weighted by Crippen LogP contribution is 2.48. The molecule has 0 spiro atoms. The summed E-state index contributed by atoms with van der Waals surface area (Å²) < 4.78 is 92.2. The maximum atomic E-state index is 13.9. The standard InChI is InChI=1S/C33H32F7N3O3/c34-31(35,32(36,37)33(38,39)40)19-9-17-26(30(45)46)41-28(23-13-5-2-6-14-23)24-15-7-8-16-25(24)42-29(44)27-18-10-20-43(27)21-22-11-3-1-4-12-22/h1-8,11-16,26-27H,9-10,17-21H2,(H,42,44)(H,45,46)/t26-,27-/m0/s1. The van der Waals surface area contributed by atoms with Crippen LogP contribution in [0.3, 0.4) is 0 Å². The van der Waals surface area contributed by atoms with Gasteiger partial charge in [-0.2, -0.15) is 30.7 Å². The molecule has 2 N–H and O–H groups in total. The first-order chi connectivity index (χ1) is 21.7. The van der Waals surface area contributed by atoms with Gasteiger partial charge < -0.3 is 10.4 Å². The molecule has 1 heterocycles. The van der Waals surface area contributed by atoms with E-state index in [0.29, 0.717) is 36.3 Å². The highest BCUT2D eigenvalue weighted by molar-refractivity contribution is 6.17. The highest BCUT2D eigenvalue weighted by atomic mass is 19.4. The normalized spacial score (nSPS) is 17.1. The molecule has 0 unspecified atom stereocenters. The Hall–Kier alpha value is -4.26. The van der Waals surface area contributed by atoms with Gasteiger partial charge in [0, 0.05) is 24.1 Å². The van der Waals surface area contributed by atoms with Crippen molar-refractivity contribution in [1.82, 2.24) is 4.90 Å². The van der Waals surface area contributed by atoms with Gasteiger partial charge >= 0.3 is 24.0 Å². The first kappa shape index (κ1) is 34.6. The summed E-state index contributed by atoms with van der Waals surface area (Å²) in [7, 11) is 0. The summed E-state index contributed by atoms with van der Waals surface area (Å²) in [4.78, 5) is 32.0. The lowest BCUT2D eigenvalue weighted by atomic mass is 9.98. The van der Waals surface area contributed by atoms with Crippen molar-refractivity contribution in [3.8, 4) is 0 Å². The summed E-state index contributed by atoms with van der Waals surface area (Å²) in [6.07, 6.45) is -8.71. The average Bonchev–Trinajstić information content (AvgIpc) is 3.47. The number of hydrogen-bond acceptors (Lipinski definition) is 4. The van der Waals surface area contributed by atoms with Gasteiger partial charge in [-0.25, -0.2) is 4.79 Å². The number of carboxylic acid groups (broad SMARTS) is 1. The zero-order chi connectivity index (χ0) is 33.5. The molecule has 1 aliphatic rings. The molecule has 0 saturated carbocycles. The van der Waals surface area contributed by atoms with Crippen LogP contribution in [0.1, 0.15) is 48.8 Å². The van der Waals surface area contributed by atoms with E-state index in [1.165, 1.54) is 0 Å². The predicted molar refractivity (Wildman–Crippen MR) is 158 cm³/mol. The number of aliphatic imine (C=N–C) groups is 1. The first-order valence-electron chi connectivity index (χ1n) is 14.6. The third-order valence-electron chi connectivity index (χ3n) is 7.74. The molecule has 4 rings (SSSR count). The van der Waals surface area contributed by atoms with Crippen LogP contribution in [0.4, 0.5) is 36.4 Å². The predicted octanol–water partition coefficient (Wildman–Crippen LogP) is 7.58. The van der Waals surface area contributed by atoms with Crippen LogP contribution in [0.2, 0.25) is 0 Å². The van der Waals surface area contributed by atoms with Gasteiger partial charge in [-0.15, -0.1) is 0 Å². The minimum Gasteiger partial charge on any atom is -0.480 e. The van der Waals surface area contributed by atoms with Crippen molar-refractivity contribution >= 4 is 23.3 Å². The second kappa shape index (κ2) is 14.4. The molecule has 1 saturated heterocycles. The number of carbonyl (C=O) groups excluding carboxylic acids is 1. The van der Waals surface area contributed by atoms with Crippen LogP contribution in [-0.2, 0) is 16.1 Å². The van der Waals surface area contributed by atoms with Crippen molar-refractivity contribution in [2.75, 3.05) is 11.9 Å². The van der Waals surface area contributed by atoms with Gasteiger partial charge in [-0.05, 0) is 43.9 Å². The topological polar surface area (TPSA) is 82.0 Å². The van der Waals surface area contributed by atoms with Gasteiger partial charge in [-0.1, -0.05) is 78.9 Å². The smallest absolute Gasteiger partial charge is 0.459 e. The number of benzene rings is 3. The molecule has 246 valence electrons. The van der Waals surface area contributed by atoms with E-state index < -0.39 is 55.3 Å². The van der Waals surface area contributed by atoms with Crippen LogP contribution in [0, 0.1) is 0 Å². The van der Waals surface area contributed by atoms with Crippen molar-refractivity contribution in [3.63, 3.8) is 0 Å². The van der Waals surface area contributed by atoms with Crippen LogP contribution in [0.15, 0.2) is 89.9 Å². The number of para-hydroxylation sites is 1. The number of nitrogens with zero attached hydrogens (tertiary/aromatic N) is 2. The van der Waals surface area contributed by atoms with Crippen molar-refractivity contribution in [2.24, 2.45) is 4.99 Å². The van der Waals surface area contributed by atoms with Gasteiger partial charge in [0.15, 0.2) is 0 Å². The number of alkyl halides is 7. The lowest BCUT2D eigenvalue weighted by molar-refractivity contribution is -0.355. The number of rotatable bonds is 13. The van der Waals surface area contributed by atoms with Gasteiger partial charge in [-0.3, -0.25) is 14.7 Å². The number of aliphatic carboxylic acids is 1. The van der Waals surface area contributed by atoms with Gasteiger partial charge in [0.05, 0.1) is 17.4 Å². The maximum Gasteiger partial charge on any atom is 0.459 e. The SMILES string of the molecule is O=C(O)[C@H](CCCC(F)(F)C(F)(F)C(F)(F)F)N=C(c1ccccc1)c1ccccc1NC(=O)[C@@H]1CCCN1Cc1ccccc1. The van der Waals surface area contributed by atoms with Crippen LogP contribution < -0.4 is 5.32 Å². The molecule has 2 atom stereocenters. The summed E-state index contributed by atoms with van der Waals surface area (Å²) in [5, 5.41) is 12.8. The third-order valence-corrected chi connectivity index (χ3v) is 7.74. The van der Waals surface area contributed by atoms with E-state index in [4.69, 9.17) is 0 Å². The molecule has 0 bridgehead atoms. The minimum absolute atomic E-state index is 0.0591. The molecule has 0 aromatic heterocycles. The minimum atomic E-state index is -6.48. The molecule has 46 heavy (non-hydrogen) atoms. The Morgan fingerprint density at radius 2 is 1.50 bits per heavy atom. The molecular formula is C33H32F7N3O3. The second-order valence-electron chi connectivity index (χ2n) is 11.0. The maximum absolute atomic E-state index is 13.9. The molecular weight excluding hydrogens is 619 g/mol. The van der Waals surface area contributed by atoms with Crippen molar-refractivity contribution < 1.29 is 45.4 Å². The quantitative estimate of drug-likeness (QED) is 0.148. The molecule has 0 radical (unpaired) electrons. The molecule has 1 aliphatic heterocycles. The van der Waals surface area contributed by atoms with Crippen molar-refractivity contribution in [3.05, 3.63) is 102 Å². The number of likely N-dealkylation sites (tertiary alicyclic amines) is 1. The number of carbonyl (C=O) groups is 2. The monoisotopic (exact) mass is 651 g/mol. The Morgan fingerprint density at radius 3 is 2.13 bits per heavy atom. The first-order valence-corrected chi connectivity index (χ1v) is 14.6. The molecule has 13 heteroatoms. The number of amides is 1. The van der Waals surface area contributed by atoms with E-state index in [1.54, 1.807) is 54.6 Å². The van der Waals surface area contributed by atoms with E-state index >= 15 is 0 Å². The van der Waals surface area contributed by atoms with Crippen molar-refractivity contribution in [2.45, 2.75) is 68.8 Å². The number of halogens is 7. The van der Waals surface area contributed by atoms with Crippen molar-refractivity contribution in [1.29, 1.82) is 0 Å². The summed E-state index contributed by atoms with van der Waals surface area (Å²) in [6, 6.07) is 22.1. The fraction of sp³-hybridized carbons (Fsp3) is 0.364. The lowest BCUT2D eigenvalue weighted by Gasteiger charge is -2.28. The van der Waals surface area contributed by atoms with E-state index in [-0.39, 0.29) is 11.6 Å². The zero-order valence-corrected chi connectivity index (χ0v) is 24.5. The number of nitrogens with one attached hydrogen (secondary N) is 1. The molecule has 3 aromatic rings. The Morgan fingerprint density at radius 1 is 0.891 bits per heavy atom. The Kier molecular flexibility index (Phi) is 10.9. The average molecular weight is 652 g/mol. The molecule has 3 aromatic carbocycles. The van der Waals surface area contributed by atoms with E-state index in [9.17, 15) is 45.4 Å². The zero-order valence-electron chi connectivity index (χ0n) is 24.5. The molecule has 1 amide bonds. The number of hydrogen-bond donors (Lipinski definition) is 2. The highest BCUT2D eigenvalue weighted by Gasteiger charge is 2.72. The van der Waals surface area contributed by atoms with Crippen LogP contribution in [-0.4, -0.2) is 64.2 Å². The summed E-state index contributed by atoms with van der Waals surface area (Å²) in [5.74, 6) is -13.6. The van der Waals surface area contributed by atoms with Gasteiger partial charge in [0.1, 0.15) is 6.04 Å². The Labute approximate surface area is 260 Å². The van der Waals surface area contributed by atoms with Gasteiger partial charge in [0.25, 0.3) is 0 Å². The number of carboxylic acids is 1. The fourth-order valence-electron chi connectivity index (χ4n) is 5.32. The number of anilines is 1. The largest absolute Gasteiger partial charge is 0.480 e. The van der Waals surface area contributed by atoms with E-state index in [0.717, 1.165) is 12.0 Å². The lowest BCUT2D eigenvalue weighted by Crippen LogP contribution is -2.51. The molecule has 6 nitrogen and oxygen atoms in total. The van der Waals surface area contributed by atoms with Crippen LogP contribution in [0.25, 0.3) is 0 Å².